The molecule has 0 amide bonds. The van der Waals surface area contributed by atoms with Crippen molar-refractivity contribution in [3.63, 3.8) is 0 Å². The molecule has 1 aliphatic rings. The van der Waals surface area contributed by atoms with Gasteiger partial charge in [0, 0.05) is 13.1 Å². The van der Waals surface area contributed by atoms with Gasteiger partial charge in [-0.2, -0.15) is 0 Å². The van der Waals surface area contributed by atoms with Crippen molar-refractivity contribution >= 4 is 5.97 Å². The molecule has 4 rings (SSSR count). The van der Waals surface area contributed by atoms with Gasteiger partial charge in [0.25, 0.3) is 0 Å². The van der Waals surface area contributed by atoms with E-state index in [4.69, 9.17) is 9.47 Å². The highest BCUT2D eigenvalue weighted by molar-refractivity contribution is 5.89. The van der Waals surface area contributed by atoms with E-state index in [1.807, 2.05) is 24.4 Å². The molecule has 0 N–H and O–H groups in total. The maximum absolute atomic E-state index is 11.7. The van der Waals surface area contributed by atoms with E-state index in [-0.39, 0.29) is 12.2 Å². The third kappa shape index (κ3) is 4.52. The zero-order valence-electron chi connectivity index (χ0n) is 16.6. The molecule has 7 nitrogen and oxygen atoms in total. The Balaban J connectivity index is 1.46. The van der Waals surface area contributed by atoms with Crippen LogP contribution in [0.4, 0.5) is 0 Å². The van der Waals surface area contributed by atoms with E-state index in [9.17, 15) is 4.79 Å². The molecule has 3 aromatic rings. The number of aryl methyl sites for hydroxylation is 1. The summed E-state index contributed by atoms with van der Waals surface area (Å²) in [5.74, 6) is -0.350. The van der Waals surface area contributed by atoms with Crippen LogP contribution in [0.1, 0.15) is 39.0 Å². The Kier molecular flexibility index (Phi) is 5.69. The van der Waals surface area contributed by atoms with Gasteiger partial charge in [-0.25, -0.2) is 9.48 Å². The molecule has 0 spiro atoms. The number of benzene rings is 2. The molecular weight excluding hydrogens is 368 g/mol. The van der Waals surface area contributed by atoms with Crippen molar-refractivity contribution in [2.24, 2.45) is 0 Å². The van der Waals surface area contributed by atoms with Gasteiger partial charge in [-0.05, 0) is 30.2 Å². The number of carbonyl (C=O) groups excluding carboxylic acids is 1. The van der Waals surface area contributed by atoms with Crippen LogP contribution in [0.2, 0.25) is 0 Å². The topological polar surface area (TPSA) is 69.5 Å². The van der Waals surface area contributed by atoms with E-state index in [0.29, 0.717) is 18.7 Å². The van der Waals surface area contributed by atoms with Crippen LogP contribution < -0.4 is 0 Å². The lowest BCUT2D eigenvalue weighted by atomic mass is 10.1. The number of hydrogen-bond acceptors (Lipinski definition) is 6. The SMILES string of the molecule is COC(=O)c1cccc(Cn2cc([C@H]3OCCN3Cc3cccc(C)c3)nn2)c1. The summed E-state index contributed by atoms with van der Waals surface area (Å²) >= 11 is 0. The number of aromatic nitrogens is 3. The second-order valence-corrected chi connectivity index (χ2v) is 7.22. The first-order chi connectivity index (χ1) is 14.1. The zero-order valence-corrected chi connectivity index (χ0v) is 16.6. The number of nitrogens with zero attached hydrogens (tertiary/aromatic N) is 4. The number of ether oxygens (including phenoxy) is 2. The number of hydrogen-bond donors (Lipinski definition) is 0. The van der Waals surface area contributed by atoms with Gasteiger partial charge in [0.1, 0.15) is 5.69 Å². The summed E-state index contributed by atoms with van der Waals surface area (Å²) in [7, 11) is 1.38. The molecule has 150 valence electrons. The van der Waals surface area contributed by atoms with Crippen molar-refractivity contribution in [2.75, 3.05) is 20.3 Å². The standard InChI is InChI=1S/C22H24N4O3/c1-16-5-3-6-17(11-16)13-25-9-10-29-21(25)20-15-26(24-23-20)14-18-7-4-8-19(12-18)22(27)28-2/h3-8,11-12,15,21H,9-10,13-14H2,1-2H3/t21-/m1/s1. The summed E-state index contributed by atoms with van der Waals surface area (Å²) in [5.41, 5.74) is 4.77. The first-order valence-electron chi connectivity index (χ1n) is 9.61. The molecule has 1 atom stereocenters. The summed E-state index contributed by atoms with van der Waals surface area (Å²) in [6.07, 6.45) is 1.70. The van der Waals surface area contributed by atoms with Crippen LogP contribution in [0.3, 0.4) is 0 Å². The molecule has 29 heavy (non-hydrogen) atoms. The Hall–Kier alpha value is -3.03. The average Bonchev–Trinajstić information content (AvgIpc) is 3.37. The van der Waals surface area contributed by atoms with Crippen LogP contribution in [0.5, 0.6) is 0 Å². The average molecular weight is 392 g/mol. The molecule has 0 radical (unpaired) electrons. The first kappa shape index (κ1) is 19.3. The minimum Gasteiger partial charge on any atom is -0.465 e. The molecular formula is C22H24N4O3. The second-order valence-electron chi connectivity index (χ2n) is 7.22. The molecule has 0 unspecified atom stereocenters. The van der Waals surface area contributed by atoms with Gasteiger partial charge in [-0.3, -0.25) is 4.90 Å². The van der Waals surface area contributed by atoms with Crippen LogP contribution in [0.15, 0.2) is 54.7 Å². The van der Waals surface area contributed by atoms with Crippen molar-refractivity contribution < 1.29 is 14.3 Å². The van der Waals surface area contributed by atoms with Gasteiger partial charge in [0.05, 0.1) is 32.0 Å². The highest BCUT2D eigenvalue weighted by Crippen LogP contribution is 2.27. The molecule has 7 heteroatoms. The van der Waals surface area contributed by atoms with E-state index in [1.54, 1.807) is 10.7 Å². The van der Waals surface area contributed by atoms with Gasteiger partial charge in [-0.15, -0.1) is 5.10 Å². The minimum atomic E-state index is -0.350. The lowest BCUT2D eigenvalue weighted by molar-refractivity contribution is 0.0252. The molecule has 2 heterocycles. The van der Waals surface area contributed by atoms with Crippen LogP contribution in [-0.4, -0.2) is 46.1 Å². The molecule has 1 aromatic heterocycles. The van der Waals surface area contributed by atoms with Crippen molar-refractivity contribution in [3.8, 4) is 0 Å². The maximum Gasteiger partial charge on any atom is 0.337 e. The van der Waals surface area contributed by atoms with Crippen LogP contribution >= 0.6 is 0 Å². The van der Waals surface area contributed by atoms with E-state index in [1.165, 1.54) is 18.2 Å². The van der Waals surface area contributed by atoms with Gasteiger partial charge in [0.15, 0.2) is 6.23 Å². The monoisotopic (exact) mass is 392 g/mol. The quantitative estimate of drug-likeness (QED) is 0.601. The molecule has 0 saturated carbocycles. The number of carbonyl (C=O) groups is 1. The zero-order chi connectivity index (χ0) is 20.2. The smallest absolute Gasteiger partial charge is 0.337 e. The third-order valence-corrected chi connectivity index (χ3v) is 4.96. The Morgan fingerprint density at radius 3 is 2.76 bits per heavy atom. The largest absolute Gasteiger partial charge is 0.465 e. The Morgan fingerprint density at radius 2 is 1.97 bits per heavy atom. The van der Waals surface area contributed by atoms with E-state index >= 15 is 0 Å². The molecule has 0 bridgehead atoms. The molecule has 0 aliphatic carbocycles. The van der Waals surface area contributed by atoms with Crippen LogP contribution in [0, 0.1) is 6.92 Å². The van der Waals surface area contributed by atoms with Gasteiger partial charge >= 0.3 is 5.97 Å². The molecule has 1 fully saturated rings. The Morgan fingerprint density at radius 1 is 1.17 bits per heavy atom. The summed E-state index contributed by atoms with van der Waals surface area (Å²) in [6, 6.07) is 15.8. The van der Waals surface area contributed by atoms with E-state index in [0.717, 1.165) is 24.3 Å². The second kappa shape index (κ2) is 8.55. The summed E-state index contributed by atoms with van der Waals surface area (Å²) in [5, 5.41) is 8.58. The lowest BCUT2D eigenvalue weighted by Crippen LogP contribution is -2.23. The predicted molar refractivity (Wildman–Crippen MR) is 107 cm³/mol. The van der Waals surface area contributed by atoms with Gasteiger partial charge in [-0.1, -0.05) is 47.2 Å². The minimum absolute atomic E-state index is 0.203. The van der Waals surface area contributed by atoms with Crippen molar-refractivity contribution in [1.29, 1.82) is 0 Å². The lowest BCUT2D eigenvalue weighted by Gasteiger charge is -2.21. The highest BCUT2D eigenvalue weighted by atomic mass is 16.5. The molecule has 1 saturated heterocycles. The molecule has 2 aromatic carbocycles. The van der Waals surface area contributed by atoms with Crippen LogP contribution in [-0.2, 0) is 22.6 Å². The Bertz CT molecular complexity index is 1000. The van der Waals surface area contributed by atoms with Crippen LogP contribution in [0.25, 0.3) is 0 Å². The maximum atomic E-state index is 11.7. The number of esters is 1. The summed E-state index contributed by atoms with van der Waals surface area (Å²) < 4.78 is 12.5. The van der Waals surface area contributed by atoms with E-state index in [2.05, 4.69) is 46.4 Å². The highest BCUT2D eigenvalue weighted by Gasteiger charge is 2.29. The number of rotatable bonds is 6. The van der Waals surface area contributed by atoms with Gasteiger partial charge < -0.3 is 9.47 Å². The van der Waals surface area contributed by atoms with E-state index < -0.39 is 0 Å². The fourth-order valence-corrected chi connectivity index (χ4v) is 3.59. The normalized spacial score (nSPS) is 16.8. The van der Waals surface area contributed by atoms with Crippen molar-refractivity contribution in [1.82, 2.24) is 19.9 Å². The fraction of sp³-hybridized carbons (Fsp3) is 0.318. The predicted octanol–water partition coefficient (Wildman–Crippen LogP) is 2.95. The molecule has 1 aliphatic heterocycles. The van der Waals surface area contributed by atoms with Crippen molar-refractivity contribution in [3.05, 3.63) is 82.7 Å². The van der Waals surface area contributed by atoms with Crippen molar-refractivity contribution in [2.45, 2.75) is 26.2 Å². The Labute approximate surface area is 169 Å². The summed E-state index contributed by atoms with van der Waals surface area (Å²) in [6.45, 7) is 4.95. The number of methoxy groups -OCH3 is 1. The fourth-order valence-electron chi connectivity index (χ4n) is 3.59. The first-order valence-corrected chi connectivity index (χ1v) is 9.61. The van der Waals surface area contributed by atoms with Gasteiger partial charge in [0.2, 0.25) is 0 Å². The summed E-state index contributed by atoms with van der Waals surface area (Å²) in [4.78, 5) is 14.0. The third-order valence-electron chi connectivity index (χ3n) is 4.96.